The van der Waals surface area contributed by atoms with Gasteiger partial charge in [-0.25, -0.2) is 0 Å². The van der Waals surface area contributed by atoms with Crippen molar-refractivity contribution in [2.24, 2.45) is 0 Å². The maximum atomic E-state index is 13.2. The molecule has 33 heavy (non-hydrogen) atoms. The molecule has 6 heteroatoms. The predicted molar refractivity (Wildman–Crippen MR) is 125 cm³/mol. The predicted octanol–water partition coefficient (Wildman–Crippen LogP) is 2.72. The molecule has 2 aliphatic heterocycles. The lowest BCUT2D eigenvalue weighted by molar-refractivity contribution is -0.195. The molecule has 1 spiro atoms. The molecule has 2 heterocycles. The SMILES string of the molecule is CN1CC[C@]23c4c5ccc(O)c4O[C@H]2[C@@H](N(C)C(=O)C=Cc2ccccc2)CC[C@@]3(O)[C@H]1C5. The molecule has 2 N–H and O–H groups in total. The van der Waals surface area contributed by atoms with E-state index >= 15 is 0 Å². The van der Waals surface area contributed by atoms with Gasteiger partial charge in [-0.3, -0.25) is 4.79 Å². The van der Waals surface area contributed by atoms with E-state index < -0.39 is 17.1 Å². The smallest absolute Gasteiger partial charge is 0.246 e. The first-order chi connectivity index (χ1) is 15.9. The molecule has 1 saturated carbocycles. The summed E-state index contributed by atoms with van der Waals surface area (Å²) in [5.41, 5.74) is 1.53. The molecule has 4 aliphatic rings. The van der Waals surface area contributed by atoms with Crippen LogP contribution in [0.5, 0.6) is 11.5 Å². The zero-order valence-corrected chi connectivity index (χ0v) is 19.1. The Labute approximate surface area is 194 Å². The van der Waals surface area contributed by atoms with Gasteiger partial charge in [0.2, 0.25) is 5.91 Å². The molecular weight excluding hydrogens is 416 g/mol. The summed E-state index contributed by atoms with van der Waals surface area (Å²) in [5, 5.41) is 22.9. The number of phenols is 1. The van der Waals surface area contributed by atoms with Gasteiger partial charge in [-0.15, -0.1) is 0 Å². The lowest BCUT2D eigenvalue weighted by atomic mass is 9.48. The van der Waals surface area contributed by atoms with Gasteiger partial charge in [0, 0.05) is 24.7 Å². The molecule has 6 rings (SSSR count). The van der Waals surface area contributed by atoms with Crippen molar-refractivity contribution in [1.82, 2.24) is 9.80 Å². The molecule has 0 radical (unpaired) electrons. The van der Waals surface area contributed by atoms with E-state index in [0.717, 1.165) is 36.1 Å². The highest BCUT2D eigenvalue weighted by molar-refractivity contribution is 5.92. The maximum Gasteiger partial charge on any atom is 0.246 e. The number of aromatic hydroxyl groups is 1. The van der Waals surface area contributed by atoms with E-state index in [0.29, 0.717) is 18.6 Å². The second-order valence-electron chi connectivity index (χ2n) is 10.1. The first-order valence-corrected chi connectivity index (χ1v) is 11.8. The summed E-state index contributed by atoms with van der Waals surface area (Å²) in [5.74, 6) is 0.537. The summed E-state index contributed by atoms with van der Waals surface area (Å²) in [4.78, 5) is 17.2. The molecule has 2 fully saturated rings. The van der Waals surface area contributed by atoms with Crippen LogP contribution in [-0.4, -0.2) is 70.3 Å². The van der Waals surface area contributed by atoms with Crippen LogP contribution in [0, 0.1) is 0 Å². The molecule has 0 aromatic heterocycles. The van der Waals surface area contributed by atoms with Crippen molar-refractivity contribution in [3.63, 3.8) is 0 Å². The van der Waals surface area contributed by atoms with Crippen molar-refractivity contribution in [3.8, 4) is 11.5 Å². The van der Waals surface area contributed by atoms with Gasteiger partial charge in [0.05, 0.1) is 17.1 Å². The van der Waals surface area contributed by atoms with Crippen molar-refractivity contribution in [1.29, 1.82) is 0 Å². The number of hydrogen-bond donors (Lipinski definition) is 2. The fourth-order valence-corrected chi connectivity index (χ4v) is 7.14. The van der Waals surface area contributed by atoms with Crippen molar-refractivity contribution in [3.05, 3.63) is 65.2 Å². The first-order valence-electron chi connectivity index (χ1n) is 11.8. The highest BCUT2D eigenvalue weighted by atomic mass is 16.5. The number of phenolic OH excluding ortho intramolecular Hbond substituents is 1. The van der Waals surface area contributed by atoms with Crippen molar-refractivity contribution >= 4 is 12.0 Å². The van der Waals surface area contributed by atoms with E-state index in [2.05, 4.69) is 11.9 Å². The van der Waals surface area contributed by atoms with Crippen LogP contribution in [0.2, 0.25) is 0 Å². The minimum Gasteiger partial charge on any atom is -0.504 e. The number of aliphatic hydroxyl groups is 1. The van der Waals surface area contributed by atoms with Crippen LogP contribution >= 0.6 is 0 Å². The van der Waals surface area contributed by atoms with E-state index in [9.17, 15) is 15.0 Å². The van der Waals surface area contributed by atoms with E-state index in [-0.39, 0.29) is 23.7 Å². The van der Waals surface area contributed by atoms with Gasteiger partial charge in [-0.2, -0.15) is 0 Å². The van der Waals surface area contributed by atoms with Crippen LogP contribution in [0.15, 0.2) is 48.5 Å². The monoisotopic (exact) mass is 446 g/mol. The number of carbonyl (C=O) groups excluding carboxylic acids is 1. The molecule has 5 atom stereocenters. The van der Waals surface area contributed by atoms with E-state index in [1.165, 1.54) is 0 Å². The second-order valence-corrected chi connectivity index (χ2v) is 10.1. The lowest BCUT2D eigenvalue weighted by Crippen LogP contribution is -2.77. The van der Waals surface area contributed by atoms with E-state index in [1.54, 1.807) is 17.0 Å². The zero-order valence-electron chi connectivity index (χ0n) is 19.1. The van der Waals surface area contributed by atoms with Gasteiger partial charge in [0.25, 0.3) is 0 Å². The van der Waals surface area contributed by atoms with Crippen LogP contribution in [0.25, 0.3) is 6.08 Å². The zero-order chi connectivity index (χ0) is 23.0. The van der Waals surface area contributed by atoms with Gasteiger partial charge in [0.1, 0.15) is 6.10 Å². The maximum absolute atomic E-state index is 13.2. The Hall–Kier alpha value is -2.83. The molecule has 1 saturated heterocycles. The van der Waals surface area contributed by atoms with Gasteiger partial charge in [-0.1, -0.05) is 36.4 Å². The molecular formula is C27H30N2O4. The number of carbonyl (C=O) groups is 1. The molecule has 6 nitrogen and oxygen atoms in total. The Morgan fingerprint density at radius 3 is 2.79 bits per heavy atom. The summed E-state index contributed by atoms with van der Waals surface area (Å²) < 4.78 is 6.51. The minimum atomic E-state index is -0.947. The molecule has 2 aromatic carbocycles. The number of amides is 1. The highest BCUT2D eigenvalue weighted by Crippen LogP contribution is 2.65. The Morgan fingerprint density at radius 1 is 1.21 bits per heavy atom. The largest absolute Gasteiger partial charge is 0.504 e. The van der Waals surface area contributed by atoms with Crippen LogP contribution in [0.4, 0.5) is 0 Å². The summed E-state index contributed by atoms with van der Waals surface area (Å²) in [6, 6.07) is 13.3. The number of rotatable bonds is 3. The standard InChI is InChI=1S/C27H30N2O4/c1-28-15-14-26-23-18-9-10-20(30)24(23)33-25(26)19(12-13-27(26,32)21(28)16-18)29(2)22(31)11-8-17-6-4-3-5-7-17/h3-11,19,21,25,30,32H,12-16H2,1-2H3/t19-,21+,25-,26-,27+/m0/s1. The quantitative estimate of drug-likeness (QED) is 0.710. The number of nitrogens with zero attached hydrogens (tertiary/aromatic N) is 2. The van der Waals surface area contributed by atoms with Crippen LogP contribution in [0.1, 0.15) is 36.0 Å². The van der Waals surface area contributed by atoms with Gasteiger partial charge in [-0.05, 0) is 62.5 Å². The Bertz CT molecular complexity index is 1150. The molecule has 172 valence electrons. The van der Waals surface area contributed by atoms with Crippen LogP contribution in [-0.2, 0) is 16.6 Å². The molecule has 2 aliphatic carbocycles. The lowest BCUT2D eigenvalue weighted by Gasteiger charge is -2.64. The minimum absolute atomic E-state index is 0.000256. The topological polar surface area (TPSA) is 73.2 Å². The summed E-state index contributed by atoms with van der Waals surface area (Å²) >= 11 is 0. The molecule has 2 bridgehead atoms. The molecule has 1 amide bonds. The number of hydrogen-bond acceptors (Lipinski definition) is 5. The number of ether oxygens (including phenoxy) is 1. The highest BCUT2D eigenvalue weighted by Gasteiger charge is 2.73. The third-order valence-electron chi connectivity index (χ3n) is 8.76. The number of piperidine rings is 1. The summed E-state index contributed by atoms with van der Waals surface area (Å²) in [6.45, 7) is 0.847. The summed E-state index contributed by atoms with van der Waals surface area (Å²) in [6.07, 6.45) is 5.78. The Kier molecular flexibility index (Phi) is 4.45. The third kappa shape index (κ3) is 2.65. The van der Waals surface area contributed by atoms with Gasteiger partial charge >= 0.3 is 0 Å². The van der Waals surface area contributed by atoms with Crippen molar-refractivity contribution in [2.45, 2.75) is 54.9 Å². The van der Waals surface area contributed by atoms with Crippen LogP contribution in [0.3, 0.4) is 0 Å². The van der Waals surface area contributed by atoms with Crippen molar-refractivity contribution in [2.75, 3.05) is 20.6 Å². The van der Waals surface area contributed by atoms with E-state index in [4.69, 9.17) is 4.74 Å². The van der Waals surface area contributed by atoms with Crippen LogP contribution < -0.4 is 4.74 Å². The second kappa shape index (κ2) is 7.08. The van der Waals surface area contributed by atoms with Gasteiger partial charge < -0.3 is 24.7 Å². The van der Waals surface area contributed by atoms with E-state index in [1.807, 2.05) is 49.5 Å². The fourth-order valence-electron chi connectivity index (χ4n) is 7.14. The Balaban J connectivity index is 1.40. The molecule has 2 aromatic rings. The first kappa shape index (κ1) is 20.8. The Morgan fingerprint density at radius 2 is 2.00 bits per heavy atom. The average Bonchev–Trinajstić information content (AvgIpc) is 3.17. The number of likely N-dealkylation sites (tertiary alicyclic amines) is 1. The van der Waals surface area contributed by atoms with Gasteiger partial charge in [0.15, 0.2) is 11.5 Å². The normalized spacial score (nSPS) is 34.1. The number of likely N-dealkylation sites (N-methyl/N-ethyl adjacent to an activating group) is 2. The third-order valence-corrected chi connectivity index (χ3v) is 8.76. The molecule has 0 unspecified atom stereocenters. The average molecular weight is 447 g/mol. The van der Waals surface area contributed by atoms with Crippen molar-refractivity contribution < 1.29 is 19.7 Å². The fraction of sp³-hybridized carbons (Fsp3) is 0.444. The number of benzene rings is 2. The summed E-state index contributed by atoms with van der Waals surface area (Å²) in [7, 11) is 3.91.